The Kier molecular flexibility index (Phi) is 8.05. The van der Waals surface area contributed by atoms with Crippen LogP contribution in [0, 0.1) is 23.7 Å². The van der Waals surface area contributed by atoms with Gasteiger partial charge in [-0.15, -0.1) is 0 Å². The van der Waals surface area contributed by atoms with Crippen molar-refractivity contribution in [3.63, 3.8) is 0 Å². The summed E-state index contributed by atoms with van der Waals surface area (Å²) in [7, 11) is 0. The summed E-state index contributed by atoms with van der Waals surface area (Å²) in [5.74, 6) is -1.56. The number of hydrogen-bond acceptors (Lipinski definition) is 8. The number of benzene rings is 1. The Morgan fingerprint density at radius 3 is 2.35 bits per heavy atom. The lowest BCUT2D eigenvalue weighted by Gasteiger charge is -2.59. The first-order valence-electron chi connectivity index (χ1n) is 18.7. The van der Waals surface area contributed by atoms with E-state index in [4.69, 9.17) is 9.47 Å². The standard InChI is InChI=1S/C38H43F3N6O5/c39-38(40,41)32-29(33(48)45-37(34(49)50)24-15-22-14-23(17-24)18-25(37)16-22)20-42-35(44-32)46-21-36(8-12-51-13-9-36)30-19-28(6-7-31(30)46)52-27-4-2-26(3-5-27)47-11-1-10-43-47/h1,6-7,10-11,19-20,22-27H,2-5,8-9,12-18,21H2,(H,45,48)(H,49,50)/t22?,23?,24?,25?,26-,27-,37?. The van der Waals surface area contributed by atoms with Crippen LogP contribution in [0.3, 0.4) is 0 Å². The number of ether oxygens (including phenoxy) is 2. The number of amides is 1. The van der Waals surface area contributed by atoms with Crippen LogP contribution >= 0.6 is 0 Å². The van der Waals surface area contributed by atoms with Crippen LogP contribution in [0.4, 0.5) is 24.8 Å². The largest absolute Gasteiger partial charge is 0.490 e. The minimum atomic E-state index is -4.99. The number of hydrogen-bond donors (Lipinski definition) is 2. The molecule has 1 amide bonds. The van der Waals surface area contributed by atoms with Crippen LogP contribution in [0.1, 0.15) is 98.3 Å². The van der Waals surface area contributed by atoms with Crippen LogP contribution in [0.5, 0.6) is 5.75 Å². The Balaban J connectivity index is 0.996. The van der Waals surface area contributed by atoms with Gasteiger partial charge in [-0.2, -0.15) is 18.3 Å². The van der Waals surface area contributed by atoms with Gasteiger partial charge in [0, 0.05) is 49.5 Å². The van der Waals surface area contributed by atoms with Gasteiger partial charge in [0.05, 0.1) is 17.7 Å². The molecule has 2 aromatic heterocycles. The van der Waals surface area contributed by atoms with Crippen molar-refractivity contribution in [3.05, 3.63) is 59.7 Å². The highest BCUT2D eigenvalue weighted by atomic mass is 19.4. The molecule has 1 aromatic carbocycles. The summed E-state index contributed by atoms with van der Waals surface area (Å²) in [6, 6.07) is 8.02. The number of anilines is 2. The zero-order valence-electron chi connectivity index (χ0n) is 28.9. The topological polar surface area (TPSA) is 132 Å². The summed E-state index contributed by atoms with van der Waals surface area (Å²) in [4.78, 5) is 36.7. The second-order valence-corrected chi connectivity index (χ2v) is 16.1. The molecule has 4 heterocycles. The van der Waals surface area contributed by atoms with Gasteiger partial charge in [0.1, 0.15) is 11.3 Å². The quantitative estimate of drug-likeness (QED) is 0.282. The molecular formula is C38H43F3N6O5. The summed E-state index contributed by atoms with van der Waals surface area (Å²) in [6.07, 6.45) is 8.46. The number of aliphatic carboxylic acids is 1. The zero-order chi connectivity index (χ0) is 35.8. The Morgan fingerprint density at radius 1 is 1.00 bits per heavy atom. The third-order valence-corrected chi connectivity index (χ3v) is 13.2. The third-order valence-electron chi connectivity index (χ3n) is 13.2. The number of aromatic nitrogens is 4. The lowest BCUT2D eigenvalue weighted by molar-refractivity contribution is -0.163. The predicted octanol–water partition coefficient (Wildman–Crippen LogP) is 6.46. The summed E-state index contributed by atoms with van der Waals surface area (Å²) in [5, 5.41) is 17.5. The van der Waals surface area contributed by atoms with Crippen LogP contribution in [0.25, 0.3) is 0 Å². The summed E-state index contributed by atoms with van der Waals surface area (Å²) in [5.41, 5.74) is -2.50. The van der Waals surface area contributed by atoms with E-state index in [1.165, 1.54) is 0 Å². The van der Waals surface area contributed by atoms with E-state index in [0.717, 1.165) is 49.6 Å². The van der Waals surface area contributed by atoms with Gasteiger partial charge >= 0.3 is 12.1 Å². The Hall–Kier alpha value is -4.20. The van der Waals surface area contributed by atoms with Gasteiger partial charge in [-0.1, -0.05) is 0 Å². The molecule has 1 spiro atoms. The van der Waals surface area contributed by atoms with E-state index in [1.54, 1.807) is 11.1 Å². The van der Waals surface area contributed by atoms with E-state index < -0.39 is 40.3 Å². The highest BCUT2D eigenvalue weighted by molar-refractivity contribution is 5.99. The molecule has 0 atom stereocenters. The van der Waals surface area contributed by atoms with Crippen molar-refractivity contribution < 1.29 is 37.3 Å². The van der Waals surface area contributed by atoms with Crippen LogP contribution in [-0.2, 0) is 21.1 Å². The normalized spacial score (nSPS) is 31.8. The molecule has 6 fully saturated rings. The molecule has 11 nitrogen and oxygen atoms in total. The molecule has 7 aliphatic rings. The number of carboxylic acids is 1. The summed E-state index contributed by atoms with van der Waals surface area (Å²) < 4.78 is 58.6. The lowest BCUT2D eigenvalue weighted by Crippen LogP contribution is -2.70. The van der Waals surface area contributed by atoms with Crippen molar-refractivity contribution in [1.29, 1.82) is 0 Å². The second-order valence-electron chi connectivity index (χ2n) is 16.1. The average Bonchev–Trinajstić information content (AvgIpc) is 3.77. The van der Waals surface area contributed by atoms with E-state index in [2.05, 4.69) is 20.4 Å². The minimum absolute atomic E-state index is 0.0449. The summed E-state index contributed by atoms with van der Waals surface area (Å²) in [6.45, 7) is 1.37. The van der Waals surface area contributed by atoms with E-state index >= 15 is 0 Å². The summed E-state index contributed by atoms with van der Waals surface area (Å²) >= 11 is 0. The molecule has 10 rings (SSSR count). The van der Waals surface area contributed by atoms with E-state index in [0.29, 0.717) is 81.8 Å². The van der Waals surface area contributed by atoms with E-state index in [9.17, 15) is 27.9 Å². The molecule has 2 aliphatic heterocycles. The Bertz CT molecular complexity index is 1830. The molecule has 276 valence electrons. The molecular weight excluding hydrogens is 677 g/mol. The predicted molar refractivity (Wildman–Crippen MR) is 181 cm³/mol. The number of nitrogens with zero attached hydrogens (tertiary/aromatic N) is 5. The lowest BCUT2D eigenvalue weighted by atomic mass is 9.48. The van der Waals surface area contributed by atoms with E-state index in [1.807, 2.05) is 35.1 Å². The number of fused-ring (bicyclic) bond motifs is 2. The van der Waals surface area contributed by atoms with Gasteiger partial charge in [-0.25, -0.2) is 14.8 Å². The Morgan fingerprint density at radius 2 is 1.71 bits per heavy atom. The van der Waals surface area contributed by atoms with Crippen LogP contribution in [0.2, 0.25) is 0 Å². The molecule has 0 radical (unpaired) electrons. The molecule has 3 aromatic rings. The average molecular weight is 721 g/mol. The van der Waals surface area contributed by atoms with Crippen molar-refractivity contribution in [2.24, 2.45) is 23.7 Å². The molecule has 0 unspecified atom stereocenters. The van der Waals surface area contributed by atoms with Gasteiger partial charge < -0.3 is 24.8 Å². The van der Waals surface area contributed by atoms with Crippen molar-refractivity contribution in [2.75, 3.05) is 24.7 Å². The fourth-order valence-corrected chi connectivity index (χ4v) is 10.9. The molecule has 52 heavy (non-hydrogen) atoms. The fraction of sp³-hybridized carbons (Fsp3) is 0.605. The molecule has 5 aliphatic carbocycles. The Labute approximate surface area is 299 Å². The van der Waals surface area contributed by atoms with Gasteiger partial charge in [-0.05, 0) is 124 Å². The number of nitrogens with one attached hydrogen (secondary N) is 1. The maximum absolute atomic E-state index is 14.8. The molecule has 5 saturated carbocycles. The highest BCUT2D eigenvalue weighted by Gasteiger charge is 2.62. The highest BCUT2D eigenvalue weighted by Crippen LogP contribution is 2.58. The first kappa shape index (κ1) is 33.6. The molecule has 14 heteroatoms. The van der Waals surface area contributed by atoms with Crippen molar-refractivity contribution in [1.82, 2.24) is 25.1 Å². The minimum Gasteiger partial charge on any atom is -0.490 e. The number of carbonyl (C=O) groups excluding carboxylic acids is 1. The van der Waals surface area contributed by atoms with Gasteiger partial charge in [0.2, 0.25) is 5.95 Å². The first-order valence-corrected chi connectivity index (χ1v) is 18.7. The van der Waals surface area contributed by atoms with Crippen LogP contribution < -0.4 is 15.0 Å². The van der Waals surface area contributed by atoms with Crippen LogP contribution in [-0.4, -0.2) is 68.1 Å². The van der Waals surface area contributed by atoms with Gasteiger partial charge in [0.15, 0.2) is 5.69 Å². The maximum atomic E-state index is 14.8. The number of halogens is 3. The van der Waals surface area contributed by atoms with Crippen molar-refractivity contribution in [2.45, 2.75) is 99.9 Å². The fourth-order valence-electron chi connectivity index (χ4n) is 10.9. The smallest absolute Gasteiger partial charge is 0.434 e. The van der Waals surface area contributed by atoms with Crippen molar-refractivity contribution >= 4 is 23.5 Å². The maximum Gasteiger partial charge on any atom is 0.434 e. The van der Waals surface area contributed by atoms with E-state index in [-0.39, 0.29) is 23.9 Å². The third kappa shape index (κ3) is 5.54. The first-order chi connectivity index (χ1) is 25.0. The number of carbonyl (C=O) groups is 2. The molecule has 1 saturated heterocycles. The van der Waals surface area contributed by atoms with Crippen LogP contribution in [0.15, 0.2) is 42.9 Å². The SMILES string of the molecule is O=C(NC1(C(=O)O)C2CC3CC(C2)CC1C3)c1cnc(N2CC3(CCOCC3)c3cc(O[C@H]4CC[C@H](n5cccn5)CC4)ccc32)nc1C(F)(F)F. The monoisotopic (exact) mass is 720 g/mol. The number of alkyl halides is 3. The van der Waals surface area contributed by atoms with Gasteiger partial charge in [-0.3, -0.25) is 9.48 Å². The number of carboxylic acid groups (broad SMARTS) is 1. The zero-order valence-corrected chi connectivity index (χ0v) is 28.9. The van der Waals surface area contributed by atoms with Crippen molar-refractivity contribution in [3.8, 4) is 5.75 Å². The van der Waals surface area contributed by atoms with Gasteiger partial charge in [0.25, 0.3) is 5.91 Å². The molecule has 4 bridgehead atoms. The molecule has 2 N–H and O–H groups in total. The second kappa shape index (κ2) is 12.4. The number of rotatable bonds is 7.